The van der Waals surface area contributed by atoms with Gasteiger partial charge in [0.25, 0.3) is 0 Å². The Morgan fingerprint density at radius 2 is 2.08 bits per heavy atom. The summed E-state index contributed by atoms with van der Waals surface area (Å²) in [6.07, 6.45) is 1.92. The molecule has 1 atom stereocenters. The van der Waals surface area contributed by atoms with Crippen molar-refractivity contribution >= 4 is 22.7 Å². The Kier molecular flexibility index (Phi) is 4.19. The van der Waals surface area contributed by atoms with E-state index in [1.165, 1.54) is 12.1 Å². The molecule has 3 aromatic rings. The van der Waals surface area contributed by atoms with E-state index < -0.39 is 0 Å². The molecule has 0 radical (unpaired) electrons. The topological polar surface area (TPSA) is 67.2 Å². The molecule has 6 heteroatoms. The summed E-state index contributed by atoms with van der Waals surface area (Å²) in [5.41, 5.74) is 2.66. The van der Waals surface area contributed by atoms with Gasteiger partial charge in [0.05, 0.1) is 5.92 Å². The van der Waals surface area contributed by atoms with Crippen LogP contribution in [0.25, 0.3) is 22.6 Å². The Morgan fingerprint density at radius 1 is 1.24 bits per heavy atom. The molecule has 1 amide bonds. The summed E-state index contributed by atoms with van der Waals surface area (Å²) in [5.74, 6) is 0.135. The van der Waals surface area contributed by atoms with Crippen LogP contribution >= 0.6 is 0 Å². The first kappa shape index (κ1) is 15.8. The zero-order valence-electron chi connectivity index (χ0n) is 13.6. The van der Waals surface area contributed by atoms with Crippen LogP contribution in [0.3, 0.4) is 0 Å². The predicted molar refractivity (Wildman–Crippen MR) is 93.6 cm³/mol. The minimum Gasteiger partial charge on any atom is -0.436 e. The normalized spacial score (nSPS) is 17.6. The van der Waals surface area contributed by atoms with Crippen LogP contribution in [0, 0.1) is 11.7 Å². The molecule has 1 aliphatic heterocycles. The number of carbonyl (C=O) groups is 1. The lowest BCUT2D eigenvalue weighted by molar-refractivity contribution is -0.120. The summed E-state index contributed by atoms with van der Waals surface area (Å²) in [7, 11) is 0. The van der Waals surface area contributed by atoms with E-state index in [1.54, 1.807) is 24.3 Å². The van der Waals surface area contributed by atoms with Gasteiger partial charge in [-0.15, -0.1) is 0 Å². The fraction of sp³-hybridized carbons (Fsp3) is 0.263. The van der Waals surface area contributed by atoms with E-state index in [-0.39, 0.29) is 17.6 Å². The molecule has 1 fully saturated rings. The van der Waals surface area contributed by atoms with Gasteiger partial charge < -0.3 is 15.1 Å². The summed E-state index contributed by atoms with van der Waals surface area (Å²) < 4.78 is 18.8. The SMILES string of the molecule is O=C(Nc1ccc2nc(-c3ccc(F)cc3)oc2c1)C1CCCNC1. The lowest BCUT2D eigenvalue weighted by Crippen LogP contribution is -2.37. The Balaban J connectivity index is 1.55. The fourth-order valence-corrected chi connectivity index (χ4v) is 3.04. The molecular weight excluding hydrogens is 321 g/mol. The van der Waals surface area contributed by atoms with Gasteiger partial charge in [0.2, 0.25) is 11.8 Å². The summed E-state index contributed by atoms with van der Waals surface area (Å²) in [5, 5.41) is 6.18. The van der Waals surface area contributed by atoms with E-state index in [0.717, 1.165) is 19.4 Å². The van der Waals surface area contributed by atoms with Crippen LogP contribution in [0.5, 0.6) is 0 Å². The van der Waals surface area contributed by atoms with Crippen molar-refractivity contribution in [1.82, 2.24) is 10.3 Å². The predicted octanol–water partition coefficient (Wildman–Crippen LogP) is 3.57. The average Bonchev–Trinajstić information content (AvgIpc) is 3.06. The minimum absolute atomic E-state index is 0.00560. The smallest absolute Gasteiger partial charge is 0.228 e. The number of nitrogens with one attached hydrogen (secondary N) is 2. The van der Waals surface area contributed by atoms with E-state index in [1.807, 2.05) is 6.07 Å². The molecule has 4 rings (SSSR count). The van der Waals surface area contributed by atoms with Crippen LogP contribution in [0.1, 0.15) is 12.8 Å². The second kappa shape index (κ2) is 6.64. The summed E-state index contributed by atoms with van der Waals surface area (Å²) in [6, 6.07) is 11.4. The molecule has 1 aromatic heterocycles. The van der Waals surface area contributed by atoms with Crippen LogP contribution in [-0.4, -0.2) is 24.0 Å². The molecule has 0 aliphatic carbocycles. The molecule has 0 spiro atoms. The molecular formula is C19H18FN3O2. The number of rotatable bonds is 3. The molecule has 2 aromatic carbocycles. The molecule has 2 heterocycles. The first-order valence-corrected chi connectivity index (χ1v) is 8.37. The Bertz CT molecular complexity index is 899. The third-order valence-electron chi connectivity index (χ3n) is 4.41. The van der Waals surface area contributed by atoms with Crippen molar-refractivity contribution < 1.29 is 13.6 Å². The van der Waals surface area contributed by atoms with Gasteiger partial charge in [0, 0.05) is 23.9 Å². The lowest BCUT2D eigenvalue weighted by Gasteiger charge is -2.21. The van der Waals surface area contributed by atoms with Crippen molar-refractivity contribution in [2.24, 2.45) is 5.92 Å². The fourth-order valence-electron chi connectivity index (χ4n) is 3.04. The Morgan fingerprint density at radius 3 is 2.84 bits per heavy atom. The number of benzene rings is 2. The first-order chi connectivity index (χ1) is 12.2. The van der Waals surface area contributed by atoms with Crippen molar-refractivity contribution in [2.45, 2.75) is 12.8 Å². The van der Waals surface area contributed by atoms with Crippen LogP contribution in [-0.2, 0) is 4.79 Å². The molecule has 1 unspecified atom stereocenters. The quantitative estimate of drug-likeness (QED) is 0.765. The number of amides is 1. The number of fused-ring (bicyclic) bond motifs is 1. The molecule has 1 saturated heterocycles. The molecule has 0 bridgehead atoms. The highest BCUT2D eigenvalue weighted by atomic mass is 19.1. The zero-order valence-corrected chi connectivity index (χ0v) is 13.6. The standard InChI is InChI=1S/C19H18FN3O2/c20-14-5-3-12(4-6-14)19-23-16-8-7-15(10-17(16)25-19)22-18(24)13-2-1-9-21-11-13/h3-8,10,13,21H,1-2,9,11H2,(H,22,24). The summed E-state index contributed by atoms with van der Waals surface area (Å²) in [4.78, 5) is 16.7. The second-order valence-electron chi connectivity index (χ2n) is 6.24. The summed E-state index contributed by atoms with van der Waals surface area (Å²) >= 11 is 0. The average molecular weight is 339 g/mol. The monoisotopic (exact) mass is 339 g/mol. The van der Waals surface area contributed by atoms with Gasteiger partial charge in [0.1, 0.15) is 11.3 Å². The van der Waals surface area contributed by atoms with Crippen LogP contribution in [0.15, 0.2) is 46.9 Å². The maximum atomic E-state index is 13.0. The highest BCUT2D eigenvalue weighted by molar-refractivity contribution is 5.94. The van der Waals surface area contributed by atoms with Gasteiger partial charge in [-0.25, -0.2) is 9.37 Å². The maximum absolute atomic E-state index is 13.0. The molecule has 5 nitrogen and oxygen atoms in total. The first-order valence-electron chi connectivity index (χ1n) is 8.37. The molecule has 2 N–H and O–H groups in total. The zero-order chi connectivity index (χ0) is 17.2. The number of carbonyl (C=O) groups excluding carboxylic acids is 1. The van der Waals surface area contributed by atoms with Crippen molar-refractivity contribution in [3.8, 4) is 11.5 Å². The van der Waals surface area contributed by atoms with Gasteiger partial charge in [-0.2, -0.15) is 0 Å². The number of nitrogens with zero attached hydrogens (tertiary/aromatic N) is 1. The van der Waals surface area contributed by atoms with E-state index in [9.17, 15) is 9.18 Å². The highest BCUT2D eigenvalue weighted by Gasteiger charge is 2.21. The number of hydrogen-bond acceptors (Lipinski definition) is 4. The lowest BCUT2D eigenvalue weighted by atomic mass is 9.99. The molecule has 1 aliphatic rings. The minimum atomic E-state index is -0.304. The Labute approximate surface area is 144 Å². The second-order valence-corrected chi connectivity index (χ2v) is 6.24. The Hall–Kier alpha value is -2.73. The number of aromatic nitrogens is 1. The van der Waals surface area contributed by atoms with Gasteiger partial charge in [-0.1, -0.05) is 0 Å². The van der Waals surface area contributed by atoms with Crippen molar-refractivity contribution in [1.29, 1.82) is 0 Å². The van der Waals surface area contributed by atoms with E-state index in [2.05, 4.69) is 15.6 Å². The highest BCUT2D eigenvalue weighted by Crippen LogP contribution is 2.27. The van der Waals surface area contributed by atoms with Crippen LogP contribution in [0.4, 0.5) is 10.1 Å². The third kappa shape index (κ3) is 3.39. The van der Waals surface area contributed by atoms with Crippen LogP contribution in [0.2, 0.25) is 0 Å². The number of oxazole rings is 1. The molecule has 128 valence electrons. The molecule has 25 heavy (non-hydrogen) atoms. The summed E-state index contributed by atoms with van der Waals surface area (Å²) in [6.45, 7) is 1.69. The number of piperidine rings is 1. The van der Waals surface area contributed by atoms with E-state index >= 15 is 0 Å². The van der Waals surface area contributed by atoms with Crippen LogP contribution < -0.4 is 10.6 Å². The molecule has 0 saturated carbocycles. The van der Waals surface area contributed by atoms with Gasteiger partial charge in [-0.3, -0.25) is 4.79 Å². The van der Waals surface area contributed by atoms with Gasteiger partial charge >= 0.3 is 0 Å². The van der Waals surface area contributed by atoms with Crippen molar-refractivity contribution in [2.75, 3.05) is 18.4 Å². The number of anilines is 1. The van der Waals surface area contributed by atoms with E-state index in [0.29, 0.717) is 34.8 Å². The van der Waals surface area contributed by atoms with Gasteiger partial charge in [-0.05, 0) is 55.8 Å². The number of halogens is 1. The third-order valence-corrected chi connectivity index (χ3v) is 4.41. The van der Waals surface area contributed by atoms with Crippen molar-refractivity contribution in [3.05, 3.63) is 48.3 Å². The van der Waals surface area contributed by atoms with Gasteiger partial charge in [0.15, 0.2) is 5.58 Å². The number of hydrogen-bond donors (Lipinski definition) is 2. The maximum Gasteiger partial charge on any atom is 0.228 e. The largest absolute Gasteiger partial charge is 0.436 e. The van der Waals surface area contributed by atoms with Crippen molar-refractivity contribution in [3.63, 3.8) is 0 Å². The van der Waals surface area contributed by atoms with E-state index in [4.69, 9.17) is 4.42 Å².